The smallest absolute Gasteiger partial charge is 0.257 e. The van der Waals surface area contributed by atoms with Gasteiger partial charge in [-0.3, -0.25) is 4.79 Å². The fraction of sp³-hybridized carbons (Fsp3) is 0.118. The van der Waals surface area contributed by atoms with Crippen molar-refractivity contribution >= 4 is 34.1 Å². The number of nitrogens with zero attached hydrogens (tertiary/aromatic N) is 1. The third-order valence-electron chi connectivity index (χ3n) is 3.66. The number of para-hydroxylation sites is 1. The molecule has 0 saturated heterocycles. The second-order valence-electron chi connectivity index (χ2n) is 5.04. The van der Waals surface area contributed by atoms with Gasteiger partial charge >= 0.3 is 0 Å². The van der Waals surface area contributed by atoms with Crippen LogP contribution in [0.25, 0.3) is 10.9 Å². The lowest BCUT2D eigenvalue weighted by Gasteiger charge is -2.08. The molecule has 0 spiro atoms. The minimum Gasteiger partial charge on any atom is -0.350 e. The Labute approximate surface area is 128 Å². The molecule has 0 aliphatic carbocycles. The Hall–Kier alpha value is -2.26. The highest BCUT2D eigenvalue weighted by atomic mass is 35.5. The molecule has 1 N–H and O–H groups in total. The van der Waals surface area contributed by atoms with Crippen molar-refractivity contribution in [2.24, 2.45) is 7.05 Å². The number of carbonyl (C=O) groups excluding carboxylic acids is 1. The van der Waals surface area contributed by atoms with Gasteiger partial charge in [-0.05, 0) is 30.7 Å². The van der Waals surface area contributed by atoms with Crippen molar-refractivity contribution in [1.29, 1.82) is 0 Å². The Kier molecular flexibility index (Phi) is 3.43. The lowest BCUT2D eigenvalue weighted by Crippen LogP contribution is -2.12. The minimum atomic E-state index is -0.128. The van der Waals surface area contributed by atoms with E-state index in [1.165, 1.54) is 0 Å². The zero-order valence-corrected chi connectivity index (χ0v) is 12.6. The second kappa shape index (κ2) is 5.26. The SMILES string of the molecule is Cc1c(Cl)cccc1NC(=O)c1cn(C)c2ccccc12. The van der Waals surface area contributed by atoms with Crippen LogP contribution in [0, 0.1) is 6.92 Å². The Morgan fingerprint density at radius 3 is 2.71 bits per heavy atom. The first kappa shape index (κ1) is 13.7. The van der Waals surface area contributed by atoms with Crippen molar-refractivity contribution in [3.63, 3.8) is 0 Å². The Balaban J connectivity index is 2.00. The first-order valence-electron chi connectivity index (χ1n) is 6.68. The van der Waals surface area contributed by atoms with E-state index < -0.39 is 0 Å². The maximum atomic E-state index is 12.5. The summed E-state index contributed by atoms with van der Waals surface area (Å²) in [5.74, 6) is -0.128. The van der Waals surface area contributed by atoms with Crippen molar-refractivity contribution in [2.75, 3.05) is 5.32 Å². The number of aryl methyl sites for hydroxylation is 1. The van der Waals surface area contributed by atoms with Crippen molar-refractivity contribution in [3.05, 3.63) is 64.8 Å². The Morgan fingerprint density at radius 2 is 1.90 bits per heavy atom. The molecule has 3 rings (SSSR count). The predicted octanol–water partition coefficient (Wildman–Crippen LogP) is 4.39. The van der Waals surface area contributed by atoms with E-state index >= 15 is 0 Å². The van der Waals surface area contributed by atoms with Gasteiger partial charge in [-0.15, -0.1) is 0 Å². The summed E-state index contributed by atoms with van der Waals surface area (Å²) in [7, 11) is 1.93. The summed E-state index contributed by atoms with van der Waals surface area (Å²) in [6.07, 6.45) is 1.85. The average Bonchev–Trinajstić information content (AvgIpc) is 2.82. The molecule has 0 fully saturated rings. The van der Waals surface area contributed by atoms with Crippen molar-refractivity contribution < 1.29 is 4.79 Å². The normalized spacial score (nSPS) is 10.8. The molecule has 0 bridgehead atoms. The standard InChI is InChI=1S/C17H15ClN2O/c1-11-14(18)7-5-8-15(11)19-17(21)13-10-20(2)16-9-4-3-6-12(13)16/h3-10H,1-2H3,(H,19,21). The van der Waals surface area contributed by atoms with Crippen LogP contribution in [0.4, 0.5) is 5.69 Å². The van der Waals surface area contributed by atoms with Gasteiger partial charge in [0, 0.05) is 34.9 Å². The number of fused-ring (bicyclic) bond motifs is 1. The molecule has 0 aliphatic rings. The summed E-state index contributed by atoms with van der Waals surface area (Å²) in [6.45, 7) is 1.89. The molecule has 1 heterocycles. The third-order valence-corrected chi connectivity index (χ3v) is 4.07. The molecular weight excluding hydrogens is 284 g/mol. The van der Waals surface area contributed by atoms with Gasteiger partial charge in [-0.25, -0.2) is 0 Å². The minimum absolute atomic E-state index is 0.128. The highest BCUT2D eigenvalue weighted by Gasteiger charge is 2.14. The molecule has 1 amide bonds. The van der Waals surface area contributed by atoms with Crippen LogP contribution in [0.5, 0.6) is 0 Å². The van der Waals surface area contributed by atoms with Gasteiger partial charge in [0.25, 0.3) is 5.91 Å². The van der Waals surface area contributed by atoms with E-state index in [0.29, 0.717) is 10.6 Å². The number of rotatable bonds is 2. The second-order valence-corrected chi connectivity index (χ2v) is 5.44. The van der Waals surface area contributed by atoms with Gasteiger partial charge in [0.1, 0.15) is 0 Å². The quantitative estimate of drug-likeness (QED) is 0.748. The first-order chi connectivity index (χ1) is 10.1. The lowest BCUT2D eigenvalue weighted by atomic mass is 10.1. The van der Waals surface area contributed by atoms with Crippen molar-refractivity contribution in [3.8, 4) is 0 Å². The van der Waals surface area contributed by atoms with Crippen LogP contribution in [0.2, 0.25) is 5.02 Å². The maximum absolute atomic E-state index is 12.5. The van der Waals surface area contributed by atoms with Gasteiger partial charge < -0.3 is 9.88 Å². The van der Waals surface area contributed by atoms with Crippen molar-refractivity contribution in [1.82, 2.24) is 4.57 Å². The third kappa shape index (κ3) is 2.41. The number of hydrogen-bond donors (Lipinski definition) is 1. The highest BCUT2D eigenvalue weighted by Crippen LogP contribution is 2.25. The number of benzene rings is 2. The topological polar surface area (TPSA) is 34.0 Å². The van der Waals surface area contributed by atoms with Crippen LogP contribution >= 0.6 is 11.6 Å². The van der Waals surface area contributed by atoms with E-state index in [1.54, 1.807) is 0 Å². The van der Waals surface area contributed by atoms with Crippen LogP contribution in [-0.2, 0) is 7.05 Å². The summed E-state index contributed by atoms with van der Waals surface area (Å²) in [5.41, 5.74) is 3.30. The van der Waals surface area contributed by atoms with Crippen LogP contribution < -0.4 is 5.32 Å². The van der Waals surface area contributed by atoms with Crippen LogP contribution in [0.3, 0.4) is 0 Å². The molecule has 1 aromatic heterocycles. The number of carbonyl (C=O) groups is 1. The van der Waals surface area contributed by atoms with E-state index in [2.05, 4.69) is 5.32 Å². The molecule has 3 aromatic rings. The maximum Gasteiger partial charge on any atom is 0.257 e. The number of hydrogen-bond acceptors (Lipinski definition) is 1. The zero-order chi connectivity index (χ0) is 15.0. The number of halogens is 1. The largest absolute Gasteiger partial charge is 0.350 e. The van der Waals surface area contributed by atoms with Gasteiger partial charge in [0.05, 0.1) is 5.56 Å². The van der Waals surface area contributed by atoms with Gasteiger partial charge in [-0.1, -0.05) is 35.9 Å². The van der Waals surface area contributed by atoms with Crippen LogP contribution in [-0.4, -0.2) is 10.5 Å². The fourth-order valence-electron chi connectivity index (χ4n) is 2.46. The van der Waals surface area contributed by atoms with E-state index in [4.69, 9.17) is 11.6 Å². The highest BCUT2D eigenvalue weighted by molar-refractivity contribution is 6.31. The molecule has 2 aromatic carbocycles. The molecule has 0 unspecified atom stereocenters. The number of nitrogens with one attached hydrogen (secondary N) is 1. The monoisotopic (exact) mass is 298 g/mol. The Morgan fingerprint density at radius 1 is 1.14 bits per heavy atom. The zero-order valence-electron chi connectivity index (χ0n) is 11.9. The Bertz CT molecular complexity index is 836. The van der Waals surface area contributed by atoms with Gasteiger partial charge in [0.15, 0.2) is 0 Å². The van der Waals surface area contributed by atoms with Crippen LogP contribution in [0.15, 0.2) is 48.7 Å². The van der Waals surface area contributed by atoms with E-state index in [9.17, 15) is 4.79 Å². The summed E-state index contributed by atoms with van der Waals surface area (Å²) >= 11 is 6.09. The molecule has 0 aliphatic heterocycles. The first-order valence-corrected chi connectivity index (χ1v) is 7.06. The molecule has 4 heteroatoms. The van der Waals surface area contributed by atoms with E-state index in [-0.39, 0.29) is 5.91 Å². The molecule has 106 valence electrons. The van der Waals surface area contributed by atoms with Crippen LogP contribution in [0.1, 0.15) is 15.9 Å². The summed E-state index contributed by atoms with van der Waals surface area (Å²) < 4.78 is 1.95. The molecule has 0 saturated carbocycles. The summed E-state index contributed by atoms with van der Waals surface area (Å²) in [5, 5.41) is 4.52. The number of aromatic nitrogens is 1. The average molecular weight is 299 g/mol. The molecule has 0 radical (unpaired) electrons. The number of anilines is 1. The van der Waals surface area contributed by atoms with Gasteiger partial charge in [0.2, 0.25) is 0 Å². The van der Waals surface area contributed by atoms with Crippen molar-refractivity contribution in [2.45, 2.75) is 6.92 Å². The van der Waals surface area contributed by atoms with E-state index in [0.717, 1.165) is 22.2 Å². The fourth-order valence-corrected chi connectivity index (χ4v) is 2.63. The van der Waals surface area contributed by atoms with E-state index in [1.807, 2.05) is 67.2 Å². The lowest BCUT2D eigenvalue weighted by molar-refractivity contribution is 0.102. The molecule has 3 nitrogen and oxygen atoms in total. The van der Waals surface area contributed by atoms with Gasteiger partial charge in [-0.2, -0.15) is 0 Å². The molecule has 0 atom stereocenters. The molecular formula is C17H15ClN2O. The summed E-state index contributed by atoms with van der Waals surface area (Å²) in [4.78, 5) is 12.5. The number of amides is 1. The predicted molar refractivity (Wildman–Crippen MR) is 87.1 cm³/mol. The summed E-state index contributed by atoms with van der Waals surface area (Å²) in [6, 6.07) is 13.3. The molecule has 21 heavy (non-hydrogen) atoms.